The van der Waals surface area contributed by atoms with E-state index in [9.17, 15) is 14.7 Å². The Bertz CT molecular complexity index is 548. The molecule has 0 spiro atoms. The molecule has 2 atom stereocenters. The highest BCUT2D eigenvalue weighted by Gasteiger charge is 2.24. The molecule has 1 aromatic carbocycles. The number of aryl methyl sites for hydroxylation is 2. The first-order valence-electron chi connectivity index (χ1n) is 6.32. The minimum atomic E-state index is -1.29. The van der Waals surface area contributed by atoms with Gasteiger partial charge >= 0.3 is 5.97 Å². The highest BCUT2D eigenvalue weighted by molar-refractivity contribution is 9.10. The summed E-state index contributed by atoms with van der Waals surface area (Å²) in [7, 11) is 0. The van der Waals surface area contributed by atoms with E-state index in [0.717, 1.165) is 20.5 Å². The van der Waals surface area contributed by atoms with Crippen LogP contribution in [0.2, 0.25) is 0 Å². The van der Waals surface area contributed by atoms with E-state index in [-0.39, 0.29) is 5.75 Å². The number of carbonyl (C=O) groups excluding carboxylic acids is 1. The fourth-order valence-corrected chi connectivity index (χ4v) is 3.03. The first-order chi connectivity index (χ1) is 9.72. The number of nitrogens with one attached hydrogen (secondary N) is 1. The van der Waals surface area contributed by atoms with Crippen molar-refractivity contribution in [1.29, 1.82) is 0 Å². The molecule has 0 aromatic heterocycles. The van der Waals surface area contributed by atoms with Gasteiger partial charge in [-0.3, -0.25) is 4.79 Å². The summed E-state index contributed by atoms with van der Waals surface area (Å²) in [5, 5.41) is 20.5. The van der Waals surface area contributed by atoms with Crippen LogP contribution in [0.25, 0.3) is 0 Å². The van der Waals surface area contributed by atoms with E-state index < -0.39 is 24.0 Å². The number of carboxylic acid groups (broad SMARTS) is 1. The van der Waals surface area contributed by atoms with E-state index in [1.807, 2.05) is 26.0 Å². The summed E-state index contributed by atoms with van der Waals surface area (Å²) in [6.07, 6.45) is -1.15. The molecule has 0 radical (unpaired) electrons. The Labute approximate surface area is 136 Å². The SMILES string of the molecule is Cc1cc(SCC(=O)NC(C(=O)O)C(C)O)c(C)cc1Br. The van der Waals surface area contributed by atoms with Gasteiger partial charge in [-0.25, -0.2) is 4.79 Å². The highest BCUT2D eigenvalue weighted by atomic mass is 79.9. The average molecular weight is 376 g/mol. The Kier molecular flexibility index (Phi) is 6.70. The molecule has 21 heavy (non-hydrogen) atoms. The van der Waals surface area contributed by atoms with Gasteiger partial charge < -0.3 is 15.5 Å². The van der Waals surface area contributed by atoms with Gasteiger partial charge in [-0.1, -0.05) is 15.9 Å². The number of benzene rings is 1. The predicted molar refractivity (Wildman–Crippen MR) is 85.6 cm³/mol. The molecule has 2 unspecified atom stereocenters. The number of aliphatic hydroxyl groups is 1. The topological polar surface area (TPSA) is 86.6 Å². The Morgan fingerprint density at radius 3 is 2.48 bits per heavy atom. The number of aliphatic carboxylic acids is 1. The Morgan fingerprint density at radius 1 is 1.33 bits per heavy atom. The molecule has 0 saturated heterocycles. The van der Waals surface area contributed by atoms with Gasteiger partial charge in [0.1, 0.15) is 0 Å². The third-order valence-electron chi connectivity index (χ3n) is 2.88. The van der Waals surface area contributed by atoms with Crippen molar-refractivity contribution in [2.45, 2.75) is 37.8 Å². The number of aliphatic hydroxyl groups excluding tert-OH is 1. The lowest BCUT2D eigenvalue weighted by molar-refractivity contribution is -0.144. The molecule has 1 amide bonds. The largest absolute Gasteiger partial charge is 0.480 e. The van der Waals surface area contributed by atoms with Crippen LogP contribution >= 0.6 is 27.7 Å². The molecular formula is C14H18BrNO4S. The van der Waals surface area contributed by atoms with Gasteiger partial charge in [0.15, 0.2) is 6.04 Å². The van der Waals surface area contributed by atoms with Crippen LogP contribution < -0.4 is 5.32 Å². The Hall–Kier alpha value is -1.05. The number of hydrogen-bond donors (Lipinski definition) is 3. The van der Waals surface area contributed by atoms with Crippen molar-refractivity contribution in [3.05, 3.63) is 27.7 Å². The van der Waals surface area contributed by atoms with Crippen LogP contribution in [0.3, 0.4) is 0 Å². The molecule has 0 aliphatic rings. The molecule has 1 aromatic rings. The van der Waals surface area contributed by atoms with Gasteiger partial charge in [0, 0.05) is 9.37 Å². The van der Waals surface area contributed by atoms with E-state index in [1.165, 1.54) is 18.7 Å². The number of rotatable bonds is 6. The van der Waals surface area contributed by atoms with Crippen LogP contribution in [0.1, 0.15) is 18.1 Å². The molecule has 0 bridgehead atoms. The summed E-state index contributed by atoms with van der Waals surface area (Å²) in [4.78, 5) is 23.7. The second kappa shape index (κ2) is 7.82. The van der Waals surface area contributed by atoms with Crippen molar-refractivity contribution in [3.63, 3.8) is 0 Å². The third kappa shape index (κ3) is 5.33. The number of halogens is 1. The maximum Gasteiger partial charge on any atom is 0.328 e. The van der Waals surface area contributed by atoms with Crippen LogP contribution in [0.15, 0.2) is 21.5 Å². The minimum Gasteiger partial charge on any atom is -0.480 e. The normalized spacial score (nSPS) is 13.6. The Morgan fingerprint density at radius 2 is 1.95 bits per heavy atom. The number of thioether (sulfide) groups is 1. The number of hydrogen-bond acceptors (Lipinski definition) is 4. The molecule has 3 N–H and O–H groups in total. The number of carbonyl (C=O) groups is 2. The zero-order chi connectivity index (χ0) is 16.2. The second-order valence-electron chi connectivity index (χ2n) is 4.78. The van der Waals surface area contributed by atoms with Crippen molar-refractivity contribution < 1.29 is 19.8 Å². The number of amides is 1. The van der Waals surface area contributed by atoms with Crippen molar-refractivity contribution >= 4 is 39.6 Å². The molecule has 0 aliphatic carbocycles. The van der Waals surface area contributed by atoms with Crippen molar-refractivity contribution in [2.24, 2.45) is 0 Å². The quantitative estimate of drug-likeness (QED) is 0.662. The predicted octanol–water partition coefficient (Wildman–Crippen LogP) is 2.11. The fraction of sp³-hybridized carbons (Fsp3) is 0.429. The van der Waals surface area contributed by atoms with Gasteiger partial charge in [-0.15, -0.1) is 11.8 Å². The van der Waals surface area contributed by atoms with Crippen molar-refractivity contribution in [2.75, 3.05) is 5.75 Å². The van der Waals surface area contributed by atoms with Crippen molar-refractivity contribution in [3.8, 4) is 0 Å². The monoisotopic (exact) mass is 375 g/mol. The summed E-state index contributed by atoms with van der Waals surface area (Å²) >= 11 is 4.78. The van der Waals surface area contributed by atoms with Gasteiger partial charge in [-0.2, -0.15) is 0 Å². The summed E-state index contributed by atoms with van der Waals surface area (Å²) in [5.41, 5.74) is 2.10. The van der Waals surface area contributed by atoms with Crippen LogP contribution in [0.5, 0.6) is 0 Å². The van der Waals surface area contributed by atoms with E-state index >= 15 is 0 Å². The molecule has 1 rings (SSSR count). The van der Waals surface area contributed by atoms with Crippen LogP contribution in [0.4, 0.5) is 0 Å². The minimum absolute atomic E-state index is 0.0956. The average Bonchev–Trinajstić information content (AvgIpc) is 2.37. The third-order valence-corrected chi connectivity index (χ3v) is 4.89. The zero-order valence-corrected chi connectivity index (χ0v) is 14.4. The van der Waals surface area contributed by atoms with Crippen LogP contribution in [-0.2, 0) is 9.59 Å². The summed E-state index contributed by atoms with van der Waals surface area (Å²) in [6.45, 7) is 5.23. The second-order valence-corrected chi connectivity index (χ2v) is 6.65. The van der Waals surface area contributed by atoms with Crippen LogP contribution in [0, 0.1) is 13.8 Å². The van der Waals surface area contributed by atoms with Gasteiger partial charge in [0.25, 0.3) is 0 Å². The van der Waals surface area contributed by atoms with Gasteiger partial charge in [-0.05, 0) is 44.0 Å². The van der Waals surface area contributed by atoms with Crippen molar-refractivity contribution in [1.82, 2.24) is 5.32 Å². The fourth-order valence-electron chi connectivity index (χ4n) is 1.66. The summed E-state index contributed by atoms with van der Waals surface area (Å²) in [5.74, 6) is -1.58. The summed E-state index contributed by atoms with van der Waals surface area (Å²) < 4.78 is 1.01. The molecular weight excluding hydrogens is 358 g/mol. The number of carboxylic acids is 1. The zero-order valence-electron chi connectivity index (χ0n) is 12.0. The molecule has 7 heteroatoms. The Balaban J connectivity index is 2.65. The molecule has 5 nitrogen and oxygen atoms in total. The maximum atomic E-state index is 11.8. The van der Waals surface area contributed by atoms with E-state index in [4.69, 9.17) is 5.11 Å². The van der Waals surface area contributed by atoms with Gasteiger partial charge in [0.05, 0.1) is 11.9 Å². The maximum absolute atomic E-state index is 11.8. The van der Waals surface area contributed by atoms with Crippen LogP contribution in [-0.4, -0.2) is 40.0 Å². The molecule has 116 valence electrons. The molecule has 0 fully saturated rings. The molecule has 0 heterocycles. The lowest BCUT2D eigenvalue weighted by Gasteiger charge is -2.17. The van der Waals surface area contributed by atoms with E-state index in [0.29, 0.717) is 0 Å². The van der Waals surface area contributed by atoms with Gasteiger partial charge in [0.2, 0.25) is 5.91 Å². The van der Waals surface area contributed by atoms with E-state index in [1.54, 1.807) is 0 Å². The molecule has 0 saturated carbocycles. The smallest absolute Gasteiger partial charge is 0.328 e. The first kappa shape index (κ1) is 18.0. The highest BCUT2D eigenvalue weighted by Crippen LogP contribution is 2.28. The van der Waals surface area contributed by atoms with E-state index in [2.05, 4.69) is 21.2 Å². The standard InChI is InChI=1S/C14H18BrNO4S/c1-7-5-11(8(2)4-10(7)15)21-6-12(18)16-13(9(3)17)14(19)20/h4-5,9,13,17H,6H2,1-3H3,(H,16,18)(H,19,20). The lowest BCUT2D eigenvalue weighted by Crippen LogP contribution is -2.48. The lowest BCUT2D eigenvalue weighted by atomic mass is 10.2. The molecule has 0 aliphatic heterocycles. The first-order valence-corrected chi connectivity index (χ1v) is 8.10. The summed E-state index contributed by atoms with van der Waals surface area (Å²) in [6, 6.07) is 2.66.